The monoisotopic (exact) mass is 363 g/mol. The molecule has 0 aliphatic carbocycles. The Morgan fingerprint density at radius 2 is 1.88 bits per heavy atom. The van der Waals surface area contributed by atoms with E-state index in [9.17, 15) is 9.59 Å². The van der Waals surface area contributed by atoms with Gasteiger partial charge in [0.1, 0.15) is 0 Å². The summed E-state index contributed by atoms with van der Waals surface area (Å²) in [6.45, 7) is 4.06. The summed E-state index contributed by atoms with van der Waals surface area (Å²) in [7, 11) is 1.71. The third-order valence-electron chi connectivity index (χ3n) is 3.59. The van der Waals surface area contributed by atoms with E-state index < -0.39 is 5.97 Å². The van der Waals surface area contributed by atoms with Crippen LogP contribution in [0.15, 0.2) is 35.2 Å². The number of likely N-dealkylation sites (N-methyl/N-ethyl adjacent to an activating group) is 1. The van der Waals surface area contributed by atoms with Gasteiger partial charge in [-0.15, -0.1) is 23.1 Å². The highest BCUT2D eigenvalue weighted by Crippen LogP contribution is 2.21. The molecule has 1 amide bonds. The van der Waals surface area contributed by atoms with E-state index in [4.69, 9.17) is 4.74 Å². The molecule has 0 aliphatic rings. The lowest BCUT2D eigenvalue weighted by Crippen LogP contribution is -2.30. The molecular weight excluding hydrogens is 342 g/mol. The lowest BCUT2D eigenvalue weighted by molar-refractivity contribution is -0.133. The summed E-state index contributed by atoms with van der Waals surface area (Å²) >= 11 is 3.22. The van der Waals surface area contributed by atoms with Crippen molar-refractivity contribution >= 4 is 35.0 Å². The highest BCUT2D eigenvalue weighted by Gasteiger charge is 2.16. The number of nitrogens with zero attached hydrogens (tertiary/aromatic N) is 1. The Morgan fingerprint density at radius 1 is 1.21 bits per heavy atom. The Labute approximate surface area is 150 Å². The Bertz CT molecular complexity index is 722. The maximum absolute atomic E-state index is 12.1. The summed E-state index contributed by atoms with van der Waals surface area (Å²) in [6.07, 6.45) is 2.02. The molecule has 0 fully saturated rings. The average Bonchev–Trinajstić information content (AvgIpc) is 2.91. The van der Waals surface area contributed by atoms with Crippen molar-refractivity contribution in [3.63, 3.8) is 0 Å². The Morgan fingerprint density at radius 3 is 2.42 bits per heavy atom. The van der Waals surface area contributed by atoms with Crippen LogP contribution >= 0.6 is 23.1 Å². The molecule has 2 aromatic rings. The molecule has 0 saturated carbocycles. The van der Waals surface area contributed by atoms with E-state index in [0.717, 1.165) is 15.3 Å². The quantitative estimate of drug-likeness (QED) is 0.577. The molecule has 0 unspecified atom stereocenters. The van der Waals surface area contributed by atoms with Gasteiger partial charge in [0.05, 0.1) is 5.56 Å². The molecule has 24 heavy (non-hydrogen) atoms. The van der Waals surface area contributed by atoms with E-state index in [1.54, 1.807) is 41.1 Å². The number of ether oxygens (including phenoxy) is 1. The zero-order valence-electron chi connectivity index (χ0n) is 14.3. The van der Waals surface area contributed by atoms with Crippen LogP contribution in [-0.4, -0.2) is 36.7 Å². The molecule has 128 valence electrons. The molecule has 1 heterocycles. The van der Waals surface area contributed by atoms with Crippen molar-refractivity contribution in [3.8, 4) is 0 Å². The zero-order valence-corrected chi connectivity index (χ0v) is 15.9. The molecule has 2 rings (SSSR count). The van der Waals surface area contributed by atoms with Gasteiger partial charge >= 0.3 is 5.97 Å². The van der Waals surface area contributed by atoms with Gasteiger partial charge in [-0.25, -0.2) is 4.79 Å². The number of carbonyl (C=O) groups is 2. The number of thiophene rings is 1. The molecule has 0 N–H and O–H groups in total. The minimum Gasteiger partial charge on any atom is -0.452 e. The number of rotatable bonds is 6. The smallest absolute Gasteiger partial charge is 0.339 e. The Balaban J connectivity index is 1.87. The van der Waals surface area contributed by atoms with Gasteiger partial charge in [0.2, 0.25) is 0 Å². The summed E-state index contributed by atoms with van der Waals surface area (Å²) in [4.78, 5) is 28.9. The topological polar surface area (TPSA) is 46.6 Å². The van der Waals surface area contributed by atoms with Crippen LogP contribution < -0.4 is 0 Å². The molecular formula is C18H21NO3S2. The molecule has 1 aromatic heterocycles. The van der Waals surface area contributed by atoms with Crippen molar-refractivity contribution in [3.05, 3.63) is 51.2 Å². The average molecular weight is 364 g/mol. The minimum atomic E-state index is -0.442. The molecule has 1 aromatic carbocycles. The van der Waals surface area contributed by atoms with Crippen molar-refractivity contribution in [2.75, 3.05) is 19.9 Å². The van der Waals surface area contributed by atoms with Gasteiger partial charge < -0.3 is 9.64 Å². The lowest BCUT2D eigenvalue weighted by atomic mass is 10.2. The lowest BCUT2D eigenvalue weighted by Gasteiger charge is -2.17. The maximum atomic E-state index is 12.1. The SMILES string of the molecule is CSc1ccc(CN(C)C(=O)COC(=O)c2cc(C)sc2C)cc1. The van der Waals surface area contributed by atoms with E-state index in [0.29, 0.717) is 12.1 Å². The molecule has 4 nitrogen and oxygen atoms in total. The number of hydrogen-bond donors (Lipinski definition) is 0. The number of hydrogen-bond acceptors (Lipinski definition) is 5. The molecule has 0 aliphatic heterocycles. The van der Waals surface area contributed by atoms with Gasteiger partial charge in [-0.05, 0) is 43.9 Å². The highest BCUT2D eigenvalue weighted by atomic mass is 32.2. The first-order valence-corrected chi connectivity index (χ1v) is 9.56. The normalized spacial score (nSPS) is 10.5. The van der Waals surface area contributed by atoms with Crippen LogP contribution in [0.1, 0.15) is 25.7 Å². The van der Waals surface area contributed by atoms with Gasteiger partial charge in [0.15, 0.2) is 6.61 Å². The van der Waals surface area contributed by atoms with Crippen LogP contribution in [0.2, 0.25) is 0 Å². The molecule has 0 spiro atoms. The van der Waals surface area contributed by atoms with Crippen molar-refractivity contribution in [1.29, 1.82) is 0 Å². The van der Waals surface area contributed by atoms with Gasteiger partial charge in [-0.1, -0.05) is 12.1 Å². The van der Waals surface area contributed by atoms with E-state index in [2.05, 4.69) is 0 Å². The molecule has 0 atom stereocenters. The maximum Gasteiger partial charge on any atom is 0.339 e. The van der Waals surface area contributed by atoms with Crippen LogP contribution in [0.25, 0.3) is 0 Å². The number of amides is 1. The largest absolute Gasteiger partial charge is 0.452 e. The van der Waals surface area contributed by atoms with Gasteiger partial charge in [0, 0.05) is 28.2 Å². The minimum absolute atomic E-state index is 0.220. The number of carbonyl (C=O) groups excluding carboxylic acids is 2. The molecule has 0 radical (unpaired) electrons. The predicted molar refractivity (Wildman–Crippen MR) is 98.8 cm³/mol. The van der Waals surface area contributed by atoms with Crippen LogP contribution in [0.3, 0.4) is 0 Å². The number of esters is 1. The number of aryl methyl sites for hydroxylation is 2. The molecule has 0 bridgehead atoms. The van der Waals surface area contributed by atoms with Gasteiger partial charge in [0.25, 0.3) is 5.91 Å². The molecule has 0 saturated heterocycles. The fourth-order valence-electron chi connectivity index (χ4n) is 2.24. The predicted octanol–water partition coefficient (Wildman–Crippen LogP) is 3.90. The fraction of sp³-hybridized carbons (Fsp3) is 0.333. The number of thioether (sulfide) groups is 1. The fourth-order valence-corrected chi connectivity index (χ4v) is 3.56. The van der Waals surface area contributed by atoms with Crippen LogP contribution in [0, 0.1) is 13.8 Å². The third-order valence-corrected chi connectivity index (χ3v) is 5.30. The second-order valence-corrected chi connectivity index (χ2v) is 7.84. The summed E-state index contributed by atoms with van der Waals surface area (Å²) in [5, 5.41) is 0. The summed E-state index contributed by atoms with van der Waals surface area (Å²) in [5.74, 6) is -0.662. The second-order valence-electron chi connectivity index (χ2n) is 5.50. The first kappa shape index (κ1) is 18.5. The molecule has 6 heteroatoms. The third kappa shape index (κ3) is 4.85. The van der Waals surface area contributed by atoms with Crippen molar-refractivity contribution in [2.24, 2.45) is 0 Å². The van der Waals surface area contributed by atoms with Crippen molar-refractivity contribution in [2.45, 2.75) is 25.3 Å². The summed E-state index contributed by atoms with van der Waals surface area (Å²) < 4.78 is 5.15. The van der Waals surface area contributed by atoms with Crippen LogP contribution in [0.5, 0.6) is 0 Å². The van der Waals surface area contributed by atoms with Crippen molar-refractivity contribution < 1.29 is 14.3 Å². The Hall–Kier alpha value is -1.79. The zero-order chi connectivity index (χ0) is 17.7. The van der Waals surface area contributed by atoms with E-state index >= 15 is 0 Å². The Kier molecular flexibility index (Phi) is 6.45. The first-order valence-electron chi connectivity index (χ1n) is 7.51. The van der Waals surface area contributed by atoms with E-state index in [-0.39, 0.29) is 12.5 Å². The summed E-state index contributed by atoms with van der Waals surface area (Å²) in [5.41, 5.74) is 1.58. The van der Waals surface area contributed by atoms with E-state index in [1.165, 1.54) is 4.90 Å². The van der Waals surface area contributed by atoms with Gasteiger partial charge in [-0.2, -0.15) is 0 Å². The van der Waals surface area contributed by atoms with Crippen LogP contribution in [0.4, 0.5) is 0 Å². The highest BCUT2D eigenvalue weighted by molar-refractivity contribution is 7.98. The summed E-state index contributed by atoms with van der Waals surface area (Å²) in [6, 6.07) is 9.85. The van der Waals surface area contributed by atoms with E-state index in [1.807, 2.05) is 44.4 Å². The van der Waals surface area contributed by atoms with Gasteiger partial charge in [-0.3, -0.25) is 4.79 Å². The van der Waals surface area contributed by atoms with Crippen LogP contribution in [-0.2, 0) is 16.1 Å². The first-order chi connectivity index (χ1) is 11.4. The second kappa shape index (κ2) is 8.35. The van der Waals surface area contributed by atoms with Crippen molar-refractivity contribution in [1.82, 2.24) is 4.90 Å². The standard InChI is InChI=1S/C18H21NO3S2/c1-12-9-16(13(2)24-12)18(21)22-11-17(20)19(3)10-14-5-7-15(23-4)8-6-14/h5-9H,10-11H2,1-4H3. The number of benzene rings is 1.